The number of thiophene rings is 1. The van der Waals surface area contributed by atoms with Gasteiger partial charge in [-0.3, -0.25) is 4.79 Å². The second-order valence-electron chi connectivity index (χ2n) is 12.8. The van der Waals surface area contributed by atoms with Crippen molar-refractivity contribution in [2.45, 2.75) is 83.6 Å². The number of carbonyl (C=O) groups is 2. The van der Waals surface area contributed by atoms with E-state index in [0.29, 0.717) is 27.7 Å². The minimum atomic E-state index is -1.10. The van der Waals surface area contributed by atoms with Gasteiger partial charge in [0.05, 0.1) is 4.88 Å². The number of carboxylic acids is 1. The lowest BCUT2D eigenvalue weighted by Crippen LogP contribution is -2.42. The van der Waals surface area contributed by atoms with E-state index in [0.717, 1.165) is 40.3 Å². The molecule has 1 amide bonds. The summed E-state index contributed by atoms with van der Waals surface area (Å²) >= 11 is 1.38. The molecule has 230 valence electrons. The molecule has 2 N–H and O–H groups in total. The van der Waals surface area contributed by atoms with E-state index in [1.807, 2.05) is 42.5 Å². The monoisotopic (exact) mass is 613 g/mol. The van der Waals surface area contributed by atoms with Gasteiger partial charge in [0, 0.05) is 40.4 Å². The summed E-state index contributed by atoms with van der Waals surface area (Å²) in [6.45, 7) is 8.46. The van der Waals surface area contributed by atoms with Crippen LogP contribution in [-0.2, 0) is 16.6 Å². The standard InChI is InChI=1S/C36H40FN3O3S/c1-5-22-6-10-24(11-7-22)26-14-15-28(29(37)19-26)27-20-38-33(39-21-27)25-12-8-23(9-13-25)18-30(35(42)43)40-34(41)31-16-17-32(44-31)36(2,3)4/h8-9,12-17,19-22,24,30H,5-7,10-11,18H2,1-4H3,(H,40,41)(H,42,43)/t22?,24?,30-/m0/s1. The molecule has 1 saturated carbocycles. The van der Waals surface area contributed by atoms with Gasteiger partial charge in [-0.1, -0.05) is 70.5 Å². The van der Waals surface area contributed by atoms with Gasteiger partial charge >= 0.3 is 5.97 Å². The summed E-state index contributed by atoms with van der Waals surface area (Å²) in [7, 11) is 0. The zero-order chi connectivity index (χ0) is 31.4. The number of hydrogen-bond acceptors (Lipinski definition) is 5. The highest BCUT2D eigenvalue weighted by molar-refractivity contribution is 7.14. The molecule has 2 aromatic heterocycles. The predicted octanol–water partition coefficient (Wildman–Crippen LogP) is 8.42. The summed E-state index contributed by atoms with van der Waals surface area (Å²) in [5.74, 6) is -0.0375. The number of nitrogens with one attached hydrogen (secondary N) is 1. The highest BCUT2D eigenvalue weighted by Gasteiger charge is 2.25. The Morgan fingerprint density at radius 1 is 0.977 bits per heavy atom. The number of amides is 1. The number of rotatable bonds is 9. The number of nitrogens with zero attached hydrogens (tertiary/aromatic N) is 2. The number of carboxylic acid groups (broad SMARTS) is 1. The Balaban J connectivity index is 1.22. The van der Waals surface area contributed by atoms with Crippen molar-refractivity contribution >= 4 is 23.2 Å². The van der Waals surface area contributed by atoms with Crippen LogP contribution in [-0.4, -0.2) is 33.0 Å². The number of aromatic nitrogens is 2. The van der Waals surface area contributed by atoms with Crippen LogP contribution in [0.1, 0.15) is 91.4 Å². The highest BCUT2D eigenvalue weighted by Crippen LogP contribution is 2.38. The molecule has 1 aliphatic rings. The van der Waals surface area contributed by atoms with Crippen molar-refractivity contribution in [3.63, 3.8) is 0 Å². The van der Waals surface area contributed by atoms with Gasteiger partial charge in [-0.2, -0.15) is 0 Å². The van der Waals surface area contributed by atoms with Crippen LogP contribution >= 0.6 is 11.3 Å². The van der Waals surface area contributed by atoms with Crippen LogP contribution in [0.2, 0.25) is 0 Å². The number of carbonyl (C=O) groups excluding carboxylic acids is 1. The third-order valence-corrected chi connectivity index (χ3v) is 10.2. The molecule has 44 heavy (non-hydrogen) atoms. The minimum absolute atomic E-state index is 0.0874. The largest absolute Gasteiger partial charge is 0.480 e. The lowest BCUT2D eigenvalue weighted by molar-refractivity contribution is -0.139. The molecule has 4 aromatic rings. The number of hydrogen-bond donors (Lipinski definition) is 2. The van der Waals surface area contributed by atoms with Gasteiger partial charge in [0.1, 0.15) is 11.9 Å². The van der Waals surface area contributed by atoms with Crippen molar-refractivity contribution in [2.75, 3.05) is 0 Å². The fourth-order valence-electron chi connectivity index (χ4n) is 5.86. The molecule has 1 atom stereocenters. The Hall–Kier alpha value is -3.91. The zero-order valence-electron chi connectivity index (χ0n) is 25.8. The zero-order valence-corrected chi connectivity index (χ0v) is 26.6. The predicted molar refractivity (Wildman–Crippen MR) is 173 cm³/mol. The van der Waals surface area contributed by atoms with Gasteiger partial charge in [0.2, 0.25) is 0 Å². The second-order valence-corrected chi connectivity index (χ2v) is 13.9. The fraction of sp³-hybridized carbons (Fsp3) is 0.389. The number of aliphatic carboxylic acids is 1. The molecule has 1 fully saturated rings. The number of benzene rings is 2. The minimum Gasteiger partial charge on any atom is -0.480 e. The molecule has 0 spiro atoms. The molecular formula is C36H40FN3O3S. The van der Waals surface area contributed by atoms with Crippen molar-refractivity contribution < 1.29 is 19.1 Å². The van der Waals surface area contributed by atoms with Crippen LogP contribution in [0, 0.1) is 11.7 Å². The highest BCUT2D eigenvalue weighted by atomic mass is 32.1. The van der Waals surface area contributed by atoms with Gasteiger partial charge in [0.15, 0.2) is 5.82 Å². The lowest BCUT2D eigenvalue weighted by Gasteiger charge is -2.28. The first-order valence-corrected chi connectivity index (χ1v) is 16.2. The molecule has 0 saturated heterocycles. The van der Waals surface area contributed by atoms with E-state index < -0.39 is 17.9 Å². The molecule has 0 radical (unpaired) electrons. The number of halogens is 1. The van der Waals surface area contributed by atoms with Crippen LogP contribution in [0.5, 0.6) is 0 Å². The third-order valence-electron chi connectivity index (χ3n) is 8.68. The molecule has 0 unspecified atom stereocenters. The maximum absolute atomic E-state index is 15.2. The summed E-state index contributed by atoms with van der Waals surface area (Å²) in [6.07, 6.45) is 9.28. The molecule has 6 nitrogen and oxygen atoms in total. The Labute approximate surface area is 262 Å². The first-order chi connectivity index (χ1) is 21.0. The average molecular weight is 614 g/mol. The van der Waals surface area contributed by atoms with Crippen molar-refractivity contribution in [3.8, 4) is 22.5 Å². The molecule has 1 aliphatic carbocycles. The van der Waals surface area contributed by atoms with Gasteiger partial charge in [0.25, 0.3) is 5.91 Å². The van der Waals surface area contributed by atoms with Crippen molar-refractivity contribution in [1.29, 1.82) is 0 Å². The quantitative estimate of drug-likeness (QED) is 0.198. The van der Waals surface area contributed by atoms with Gasteiger partial charge < -0.3 is 10.4 Å². The van der Waals surface area contributed by atoms with Crippen molar-refractivity contribution in [1.82, 2.24) is 15.3 Å². The summed E-state index contributed by atoms with van der Waals surface area (Å²) in [4.78, 5) is 35.3. The summed E-state index contributed by atoms with van der Waals surface area (Å²) in [5.41, 5.74) is 3.59. The Morgan fingerprint density at radius 3 is 2.23 bits per heavy atom. The Kier molecular flexibility index (Phi) is 9.59. The normalized spacial score (nSPS) is 17.7. The van der Waals surface area contributed by atoms with Crippen LogP contribution in [0.15, 0.2) is 67.0 Å². The molecule has 5 rings (SSSR count). The lowest BCUT2D eigenvalue weighted by atomic mass is 9.77. The third kappa shape index (κ3) is 7.41. The first kappa shape index (κ1) is 31.5. The molecular weight excluding hydrogens is 573 g/mol. The fourth-order valence-corrected chi connectivity index (χ4v) is 6.82. The van der Waals surface area contributed by atoms with E-state index in [9.17, 15) is 14.7 Å². The van der Waals surface area contributed by atoms with E-state index in [4.69, 9.17) is 0 Å². The Morgan fingerprint density at radius 2 is 1.66 bits per heavy atom. The molecule has 0 aliphatic heterocycles. The second kappa shape index (κ2) is 13.4. The van der Waals surface area contributed by atoms with E-state index in [1.54, 1.807) is 24.5 Å². The topological polar surface area (TPSA) is 92.2 Å². The maximum Gasteiger partial charge on any atom is 0.326 e. The van der Waals surface area contributed by atoms with Crippen molar-refractivity contribution in [2.24, 2.45) is 5.92 Å². The van der Waals surface area contributed by atoms with Gasteiger partial charge in [-0.05, 0) is 72.3 Å². The SMILES string of the molecule is CCC1CCC(c2ccc(-c3cnc(-c4ccc(C[C@H](NC(=O)c5ccc(C(C)(C)C)s5)C(=O)O)cc4)nc3)c(F)c2)CC1. The molecule has 2 aromatic carbocycles. The van der Waals surface area contributed by atoms with Crippen molar-refractivity contribution in [3.05, 3.63) is 93.7 Å². The molecule has 8 heteroatoms. The van der Waals surface area contributed by atoms with Crippen LogP contribution in [0.4, 0.5) is 4.39 Å². The van der Waals surface area contributed by atoms with E-state index >= 15 is 4.39 Å². The van der Waals surface area contributed by atoms with Gasteiger partial charge in [-0.25, -0.2) is 19.2 Å². The molecule has 2 heterocycles. The first-order valence-electron chi connectivity index (χ1n) is 15.4. The molecule has 0 bridgehead atoms. The maximum atomic E-state index is 15.2. The Bertz CT molecular complexity index is 1600. The summed E-state index contributed by atoms with van der Waals surface area (Å²) < 4.78 is 15.2. The smallest absolute Gasteiger partial charge is 0.326 e. The van der Waals surface area contributed by atoms with E-state index in [1.165, 1.54) is 30.6 Å². The van der Waals surface area contributed by atoms with Gasteiger partial charge in [-0.15, -0.1) is 11.3 Å². The van der Waals surface area contributed by atoms with Crippen LogP contribution < -0.4 is 5.32 Å². The average Bonchev–Trinajstić information content (AvgIpc) is 3.53. The van der Waals surface area contributed by atoms with E-state index in [2.05, 4.69) is 43.0 Å². The van der Waals surface area contributed by atoms with Crippen LogP contribution in [0.3, 0.4) is 0 Å². The van der Waals surface area contributed by atoms with E-state index in [-0.39, 0.29) is 17.7 Å². The summed E-state index contributed by atoms with van der Waals surface area (Å²) in [5, 5.41) is 12.4. The van der Waals surface area contributed by atoms with Crippen LogP contribution in [0.25, 0.3) is 22.5 Å². The summed E-state index contributed by atoms with van der Waals surface area (Å²) in [6, 6.07) is 15.4.